The molecule has 0 bridgehead atoms. The number of ether oxygens (including phenoxy) is 1. The Morgan fingerprint density at radius 3 is 2.63 bits per heavy atom. The number of morpholine rings is 1. The molecule has 3 aliphatic rings. The smallest absolute Gasteiger partial charge is 0.276 e. The van der Waals surface area contributed by atoms with E-state index in [0.717, 1.165) is 75.1 Å². The Morgan fingerprint density at radius 2 is 1.84 bits per heavy atom. The molecule has 4 aromatic rings. The van der Waals surface area contributed by atoms with Crippen LogP contribution in [0.1, 0.15) is 63.9 Å². The van der Waals surface area contributed by atoms with Gasteiger partial charge >= 0.3 is 0 Å². The molecule has 1 aliphatic carbocycles. The van der Waals surface area contributed by atoms with Gasteiger partial charge in [-0.25, -0.2) is 9.97 Å². The minimum Gasteiger partial charge on any atom is -0.378 e. The highest BCUT2D eigenvalue weighted by atomic mass is 32.1. The van der Waals surface area contributed by atoms with Gasteiger partial charge in [-0.2, -0.15) is 0 Å². The van der Waals surface area contributed by atoms with Gasteiger partial charge in [0.05, 0.1) is 29.5 Å². The van der Waals surface area contributed by atoms with Crippen LogP contribution in [-0.4, -0.2) is 60.7 Å². The van der Waals surface area contributed by atoms with Gasteiger partial charge in [-0.15, -0.1) is 11.3 Å². The van der Waals surface area contributed by atoms with Gasteiger partial charge in [0.2, 0.25) is 0 Å². The van der Waals surface area contributed by atoms with Crippen molar-refractivity contribution in [3.63, 3.8) is 0 Å². The van der Waals surface area contributed by atoms with Gasteiger partial charge in [0, 0.05) is 47.9 Å². The molecule has 43 heavy (non-hydrogen) atoms. The summed E-state index contributed by atoms with van der Waals surface area (Å²) in [5.41, 5.74) is 6.18. The molecule has 3 aromatic heterocycles. The summed E-state index contributed by atoms with van der Waals surface area (Å²) in [5, 5.41) is 3.11. The molecule has 8 nitrogen and oxygen atoms in total. The molecule has 1 aromatic carbocycles. The molecule has 0 unspecified atom stereocenters. The Hall–Kier alpha value is -4.08. The van der Waals surface area contributed by atoms with Crippen LogP contribution in [0.4, 0.5) is 11.5 Å². The van der Waals surface area contributed by atoms with Crippen molar-refractivity contribution in [2.24, 2.45) is 0 Å². The SMILES string of the molecule is CC(C)c1ccc(C(=O)N2CCc3cc(C(=O)NC4CC4)sc3-c3ccccc32)nc1-c1ccnc(N2CCOCC2)c1. The van der Waals surface area contributed by atoms with Crippen LogP contribution in [0.3, 0.4) is 0 Å². The summed E-state index contributed by atoms with van der Waals surface area (Å²) in [7, 11) is 0. The minimum absolute atomic E-state index is 0.000785. The second-order valence-electron chi connectivity index (χ2n) is 11.7. The van der Waals surface area contributed by atoms with E-state index in [4.69, 9.17) is 9.72 Å². The first-order valence-corrected chi connectivity index (χ1v) is 15.9. The lowest BCUT2D eigenvalue weighted by Gasteiger charge is -2.28. The number of carbonyl (C=O) groups is 2. The third kappa shape index (κ3) is 5.55. The first-order valence-electron chi connectivity index (χ1n) is 15.1. The third-order valence-corrected chi connectivity index (χ3v) is 9.57. The van der Waals surface area contributed by atoms with Gasteiger partial charge in [0.1, 0.15) is 11.5 Å². The number of rotatable bonds is 6. The number of para-hydroxylation sites is 1. The number of hydrogen-bond acceptors (Lipinski definition) is 7. The van der Waals surface area contributed by atoms with Crippen LogP contribution >= 0.6 is 11.3 Å². The molecule has 0 radical (unpaired) electrons. The maximum Gasteiger partial charge on any atom is 0.276 e. The van der Waals surface area contributed by atoms with Crippen LogP contribution in [0, 0.1) is 0 Å². The summed E-state index contributed by atoms with van der Waals surface area (Å²) in [4.78, 5) is 42.6. The van der Waals surface area contributed by atoms with Crippen LogP contribution in [-0.2, 0) is 11.2 Å². The number of carbonyl (C=O) groups excluding carboxylic acids is 2. The number of nitrogens with one attached hydrogen (secondary N) is 1. The number of nitrogens with zero attached hydrogens (tertiary/aromatic N) is 4. The zero-order chi connectivity index (χ0) is 29.5. The minimum atomic E-state index is -0.131. The number of pyridine rings is 2. The second kappa shape index (κ2) is 11.5. The average Bonchev–Trinajstić information content (AvgIpc) is 3.79. The van der Waals surface area contributed by atoms with Crippen molar-refractivity contribution in [3.05, 3.63) is 82.5 Å². The molecule has 9 heteroatoms. The van der Waals surface area contributed by atoms with Gasteiger partial charge in [-0.3, -0.25) is 9.59 Å². The molecule has 7 rings (SSSR count). The molecular formula is C34H35N5O3S. The molecule has 1 saturated carbocycles. The van der Waals surface area contributed by atoms with E-state index in [2.05, 4.69) is 35.1 Å². The van der Waals surface area contributed by atoms with Gasteiger partial charge in [0.15, 0.2) is 0 Å². The summed E-state index contributed by atoms with van der Waals surface area (Å²) >= 11 is 1.51. The van der Waals surface area contributed by atoms with E-state index in [1.807, 2.05) is 59.6 Å². The molecule has 2 fully saturated rings. The summed E-state index contributed by atoms with van der Waals surface area (Å²) in [6.45, 7) is 7.76. The van der Waals surface area contributed by atoms with Gasteiger partial charge in [0.25, 0.3) is 11.8 Å². The molecule has 5 heterocycles. The number of fused-ring (bicyclic) bond motifs is 3. The van der Waals surface area contributed by atoms with Crippen molar-refractivity contribution in [2.45, 2.75) is 45.1 Å². The van der Waals surface area contributed by atoms with Crippen molar-refractivity contribution in [3.8, 4) is 21.7 Å². The van der Waals surface area contributed by atoms with E-state index in [0.29, 0.717) is 37.9 Å². The van der Waals surface area contributed by atoms with Crippen molar-refractivity contribution in [1.29, 1.82) is 0 Å². The predicted molar refractivity (Wildman–Crippen MR) is 170 cm³/mol. The van der Waals surface area contributed by atoms with E-state index in [-0.39, 0.29) is 17.7 Å². The lowest BCUT2D eigenvalue weighted by molar-refractivity contribution is 0.0952. The van der Waals surface area contributed by atoms with Gasteiger partial charge in [-0.05, 0) is 66.6 Å². The number of hydrogen-bond donors (Lipinski definition) is 1. The Morgan fingerprint density at radius 1 is 1.02 bits per heavy atom. The number of amides is 2. The van der Waals surface area contributed by atoms with Crippen LogP contribution in [0.25, 0.3) is 21.7 Å². The largest absolute Gasteiger partial charge is 0.378 e. The number of anilines is 2. The first-order chi connectivity index (χ1) is 21.0. The standard InChI is InChI=1S/C34H35N5O3S/c1-21(2)25-9-10-27(37-31(25)22-11-13-35-30(20-22)38-15-17-42-18-16-38)34(41)39-14-12-23-19-29(33(40)36-24-7-8-24)43-32(23)26-5-3-4-6-28(26)39/h3-6,9-11,13,19-21,24H,7-8,12,14-18H2,1-2H3,(H,36,40). The topological polar surface area (TPSA) is 87.7 Å². The van der Waals surface area contributed by atoms with Crippen LogP contribution < -0.4 is 15.1 Å². The second-order valence-corrected chi connectivity index (χ2v) is 12.8. The summed E-state index contributed by atoms with van der Waals surface area (Å²) in [6.07, 6.45) is 4.60. The third-order valence-electron chi connectivity index (χ3n) is 8.36. The highest BCUT2D eigenvalue weighted by Crippen LogP contribution is 2.42. The van der Waals surface area contributed by atoms with E-state index in [1.54, 1.807) is 0 Å². The maximum absolute atomic E-state index is 14.2. The van der Waals surface area contributed by atoms with Crippen molar-refractivity contribution >= 4 is 34.7 Å². The lowest BCUT2D eigenvalue weighted by Crippen LogP contribution is -2.36. The van der Waals surface area contributed by atoms with Crippen LogP contribution in [0.5, 0.6) is 0 Å². The fourth-order valence-electron chi connectivity index (χ4n) is 5.86. The molecule has 2 amide bonds. The fraction of sp³-hybridized carbons (Fsp3) is 0.353. The molecule has 0 atom stereocenters. The molecular weight excluding hydrogens is 558 g/mol. The fourth-order valence-corrected chi connectivity index (χ4v) is 7.01. The normalized spacial score (nSPS) is 16.4. The van der Waals surface area contributed by atoms with Crippen LogP contribution in [0.15, 0.2) is 60.8 Å². The molecule has 0 spiro atoms. The summed E-state index contributed by atoms with van der Waals surface area (Å²) < 4.78 is 5.53. The summed E-state index contributed by atoms with van der Waals surface area (Å²) in [5.74, 6) is 0.994. The Bertz CT molecular complexity index is 1690. The predicted octanol–water partition coefficient (Wildman–Crippen LogP) is 5.93. The maximum atomic E-state index is 14.2. The highest BCUT2D eigenvalue weighted by molar-refractivity contribution is 7.17. The van der Waals surface area contributed by atoms with E-state index in [1.165, 1.54) is 11.3 Å². The van der Waals surface area contributed by atoms with Crippen LogP contribution in [0.2, 0.25) is 0 Å². The van der Waals surface area contributed by atoms with E-state index < -0.39 is 0 Å². The number of benzene rings is 1. The lowest BCUT2D eigenvalue weighted by atomic mass is 9.97. The quantitative estimate of drug-likeness (QED) is 0.298. The zero-order valence-corrected chi connectivity index (χ0v) is 25.3. The van der Waals surface area contributed by atoms with Crippen molar-refractivity contribution in [2.75, 3.05) is 42.6 Å². The molecule has 220 valence electrons. The summed E-state index contributed by atoms with van der Waals surface area (Å²) in [6, 6.07) is 18.3. The molecule has 1 N–H and O–H groups in total. The number of thiophene rings is 1. The van der Waals surface area contributed by atoms with E-state index >= 15 is 0 Å². The zero-order valence-electron chi connectivity index (χ0n) is 24.5. The van der Waals surface area contributed by atoms with Gasteiger partial charge < -0.3 is 19.9 Å². The molecule has 2 aliphatic heterocycles. The molecule has 1 saturated heterocycles. The Balaban J connectivity index is 1.22. The number of aromatic nitrogens is 2. The van der Waals surface area contributed by atoms with E-state index in [9.17, 15) is 9.59 Å². The Labute approximate surface area is 255 Å². The monoisotopic (exact) mass is 593 g/mol. The van der Waals surface area contributed by atoms with Crippen molar-refractivity contribution < 1.29 is 14.3 Å². The highest BCUT2D eigenvalue weighted by Gasteiger charge is 2.30. The first kappa shape index (κ1) is 27.7. The average molecular weight is 594 g/mol. The van der Waals surface area contributed by atoms with Gasteiger partial charge in [-0.1, -0.05) is 38.1 Å². The Kier molecular flexibility index (Phi) is 7.44. The van der Waals surface area contributed by atoms with Crippen molar-refractivity contribution in [1.82, 2.24) is 15.3 Å².